The van der Waals surface area contributed by atoms with Crippen LogP contribution in [0.1, 0.15) is 59.3 Å². The molecule has 0 aliphatic heterocycles. The SMILES string of the molecule is CCCCCCC(CN)(CC(C)C)C(=O)O. The molecule has 3 nitrogen and oxygen atoms in total. The first kappa shape index (κ1) is 15.4. The molecule has 0 spiro atoms. The Morgan fingerprint density at radius 1 is 1.31 bits per heavy atom. The maximum Gasteiger partial charge on any atom is 0.310 e. The van der Waals surface area contributed by atoms with Crippen LogP contribution in [0.15, 0.2) is 0 Å². The van der Waals surface area contributed by atoms with E-state index in [0.717, 1.165) is 19.3 Å². The molecule has 1 atom stereocenters. The molecule has 96 valence electrons. The van der Waals surface area contributed by atoms with Crippen LogP contribution in [-0.2, 0) is 4.79 Å². The number of carboxylic acids is 1. The van der Waals surface area contributed by atoms with Crippen molar-refractivity contribution in [2.75, 3.05) is 6.54 Å². The topological polar surface area (TPSA) is 63.3 Å². The summed E-state index contributed by atoms with van der Waals surface area (Å²) in [6.07, 6.45) is 5.85. The van der Waals surface area contributed by atoms with Gasteiger partial charge in [-0.1, -0.05) is 46.5 Å². The molecule has 16 heavy (non-hydrogen) atoms. The van der Waals surface area contributed by atoms with E-state index in [2.05, 4.69) is 20.8 Å². The predicted molar refractivity (Wildman–Crippen MR) is 67.3 cm³/mol. The molecule has 0 saturated carbocycles. The van der Waals surface area contributed by atoms with Gasteiger partial charge in [-0.25, -0.2) is 0 Å². The van der Waals surface area contributed by atoms with Crippen molar-refractivity contribution in [1.82, 2.24) is 0 Å². The van der Waals surface area contributed by atoms with E-state index in [4.69, 9.17) is 5.73 Å². The zero-order valence-corrected chi connectivity index (χ0v) is 11.0. The molecule has 3 heteroatoms. The highest BCUT2D eigenvalue weighted by Gasteiger charge is 2.36. The summed E-state index contributed by atoms with van der Waals surface area (Å²) in [5.74, 6) is -0.342. The summed E-state index contributed by atoms with van der Waals surface area (Å²) in [5.41, 5.74) is 5.00. The molecule has 0 aliphatic rings. The Morgan fingerprint density at radius 2 is 1.94 bits per heavy atom. The molecule has 0 aromatic heterocycles. The Morgan fingerprint density at radius 3 is 2.31 bits per heavy atom. The summed E-state index contributed by atoms with van der Waals surface area (Å²) < 4.78 is 0. The van der Waals surface area contributed by atoms with Crippen LogP contribution in [0.25, 0.3) is 0 Å². The third kappa shape index (κ3) is 4.97. The van der Waals surface area contributed by atoms with Gasteiger partial charge >= 0.3 is 5.97 Å². The van der Waals surface area contributed by atoms with E-state index in [1.807, 2.05) is 0 Å². The van der Waals surface area contributed by atoms with Crippen molar-refractivity contribution in [2.45, 2.75) is 59.3 Å². The Bertz CT molecular complexity index is 204. The minimum Gasteiger partial charge on any atom is -0.481 e. The molecule has 0 heterocycles. The lowest BCUT2D eigenvalue weighted by molar-refractivity contribution is -0.150. The average molecular weight is 229 g/mol. The maximum absolute atomic E-state index is 11.4. The van der Waals surface area contributed by atoms with Crippen LogP contribution in [0.3, 0.4) is 0 Å². The lowest BCUT2D eigenvalue weighted by Crippen LogP contribution is -2.39. The Labute approximate surface area is 99.4 Å². The number of aliphatic carboxylic acids is 1. The van der Waals surface area contributed by atoms with Crippen molar-refractivity contribution in [3.63, 3.8) is 0 Å². The molecule has 0 radical (unpaired) electrons. The second kappa shape index (κ2) is 7.66. The molecule has 0 aromatic rings. The molecule has 0 rings (SSSR count). The summed E-state index contributed by atoms with van der Waals surface area (Å²) >= 11 is 0. The highest BCUT2D eigenvalue weighted by atomic mass is 16.4. The first-order valence-corrected chi connectivity index (χ1v) is 6.42. The molecule has 1 unspecified atom stereocenters. The first-order valence-electron chi connectivity index (χ1n) is 6.42. The number of unbranched alkanes of at least 4 members (excludes halogenated alkanes) is 3. The standard InChI is InChI=1S/C13H27NO2/c1-4-5-6-7-8-13(10-14,12(15)16)9-11(2)3/h11H,4-10,14H2,1-3H3,(H,15,16). The van der Waals surface area contributed by atoms with E-state index in [0.29, 0.717) is 12.3 Å². The average Bonchev–Trinajstić information content (AvgIpc) is 2.21. The van der Waals surface area contributed by atoms with Crippen molar-refractivity contribution in [1.29, 1.82) is 0 Å². The number of hydrogen-bond acceptors (Lipinski definition) is 2. The second-order valence-corrected chi connectivity index (χ2v) is 5.20. The fraction of sp³-hybridized carbons (Fsp3) is 0.923. The highest BCUT2D eigenvalue weighted by Crippen LogP contribution is 2.32. The minimum atomic E-state index is -0.722. The number of hydrogen-bond donors (Lipinski definition) is 2. The molecule has 0 aromatic carbocycles. The largest absolute Gasteiger partial charge is 0.481 e. The lowest BCUT2D eigenvalue weighted by Gasteiger charge is -2.29. The molecule has 3 N–H and O–H groups in total. The van der Waals surface area contributed by atoms with Crippen LogP contribution in [0, 0.1) is 11.3 Å². The van der Waals surface area contributed by atoms with Gasteiger partial charge in [-0.2, -0.15) is 0 Å². The molecular weight excluding hydrogens is 202 g/mol. The Balaban J connectivity index is 4.34. The highest BCUT2D eigenvalue weighted by molar-refractivity contribution is 5.74. The van der Waals surface area contributed by atoms with Crippen LogP contribution >= 0.6 is 0 Å². The number of carboxylic acid groups (broad SMARTS) is 1. The molecule has 0 bridgehead atoms. The molecule has 0 fully saturated rings. The zero-order valence-electron chi connectivity index (χ0n) is 11.0. The van der Waals surface area contributed by atoms with E-state index in [1.165, 1.54) is 12.8 Å². The van der Waals surface area contributed by atoms with Crippen molar-refractivity contribution in [2.24, 2.45) is 17.1 Å². The molecular formula is C13H27NO2. The van der Waals surface area contributed by atoms with Gasteiger partial charge in [-0.15, -0.1) is 0 Å². The Hall–Kier alpha value is -0.570. The van der Waals surface area contributed by atoms with Gasteiger partial charge < -0.3 is 10.8 Å². The fourth-order valence-electron chi connectivity index (χ4n) is 2.24. The predicted octanol–water partition coefficient (Wildman–Crippen LogP) is 3.03. The third-order valence-corrected chi connectivity index (χ3v) is 3.15. The van der Waals surface area contributed by atoms with Gasteiger partial charge in [0, 0.05) is 6.54 Å². The fourth-order valence-corrected chi connectivity index (χ4v) is 2.24. The van der Waals surface area contributed by atoms with Gasteiger partial charge in [0.1, 0.15) is 0 Å². The monoisotopic (exact) mass is 229 g/mol. The van der Waals surface area contributed by atoms with E-state index in [9.17, 15) is 9.90 Å². The van der Waals surface area contributed by atoms with Crippen molar-refractivity contribution in [3.8, 4) is 0 Å². The Kier molecular flexibility index (Phi) is 7.39. The molecule has 0 saturated heterocycles. The van der Waals surface area contributed by atoms with Crippen LogP contribution in [-0.4, -0.2) is 17.6 Å². The van der Waals surface area contributed by atoms with Crippen LogP contribution < -0.4 is 5.73 Å². The number of nitrogens with two attached hydrogens (primary N) is 1. The molecule has 0 aliphatic carbocycles. The normalized spacial score (nSPS) is 15.1. The summed E-state index contributed by atoms with van der Waals surface area (Å²) in [7, 11) is 0. The summed E-state index contributed by atoms with van der Waals surface area (Å²) in [5, 5.41) is 9.35. The summed E-state index contributed by atoms with van der Waals surface area (Å²) in [6, 6.07) is 0. The quantitative estimate of drug-likeness (QED) is 0.597. The second-order valence-electron chi connectivity index (χ2n) is 5.20. The lowest BCUT2D eigenvalue weighted by atomic mass is 9.76. The number of rotatable bonds is 9. The van der Waals surface area contributed by atoms with E-state index in [1.54, 1.807) is 0 Å². The minimum absolute atomic E-state index is 0.257. The summed E-state index contributed by atoms with van der Waals surface area (Å²) in [4.78, 5) is 11.4. The van der Waals surface area contributed by atoms with Gasteiger partial charge in [-0.3, -0.25) is 4.79 Å². The first-order chi connectivity index (χ1) is 7.48. The van der Waals surface area contributed by atoms with Crippen molar-refractivity contribution >= 4 is 5.97 Å². The van der Waals surface area contributed by atoms with Gasteiger partial charge in [-0.05, 0) is 18.8 Å². The van der Waals surface area contributed by atoms with Gasteiger partial charge in [0.25, 0.3) is 0 Å². The van der Waals surface area contributed by atoms with Gasteiger partial charge in [0.15, 0.2) is 0 Å². The smallest absolute Gasteiger partial charge is 0.310 e. The van der Waals surface area contributed by atoms with E-state index < -0.39 is 11.4 Å². The third-order valence-electron chi connectivity index (χ3n) is 3.15. The summed E-state index contributed by atoms with van der Waals surface area (Å²) in [6.45, 7) is 6.52. The number of carbonyl (C=O) groups is 1. The van der Waals surface area contributed by atoms with Crippen molar-refractivity contribution in [3.05, 3.63) is 0 Å². The zero-order chi connectivity index (χ0) is 12.6. The van der Waals surface area contributed by atoms with Crippen LogP contribution in [0.4, 0.5) is 0 Å². The van der Waals surface area contributed by atoms with Gasteiger partial charge in [0.2, 0.25) is 0 Å². The molecule has 0 amide bonds. The van der Waals surface area contributed by atoms with E-state index >= 15 is 0 Å². The van der Waals surface area contributed by atoms with E-state index in [-0.39, 0.29) is 6.54 Å². The van der Waals surface area contributed by atoms with Crippen LogP contribution in [0.5, 0.6) is 0 Å². The van der Waals surface area contributed by atoms with Crippen molar-refractivity contribution < 1.29 is 9.90 Å². The maximum atomic E-state index is 11.4. The van der Waals surface area contributed by atoms with Gasteiger partial charge in [0.05, 0.1) is 5.41 Å². The van der Waals surface area contributed by atoms with Crippen LogP contribution in [0.2, 0.25) is 0 Å².